The maximum atomic E-state index is 13.5. The highest BCUT2D eigenvalue weighted by Gasteiger charge is 2.09. The zero-order valence-electron chi connectivity index (χ0n) is 12.3. The molecule has 0 aliphatic heterocycles. The van der Waals surface area contributed by atoms with Crippen molar-refractivity contribution in [3.8, 4) is 0 Å². The summed E-state index contributed by atoms with van der Waals surface area (Å²) in [5.41, 5.74) is 0.347. The van der Waals surface area contributed by atoms with Crippen LogP contribution in [0.15, 0.2) is 22.7 Å². The highest BCUT2D eigenvalue weighted by atomic mass is 79.9. The van der Waals surface area contributed by atoms with Crippen LogP contribution in [-0.2, 0) is 9.47 Å². The van der Waals surface area contributed by atoms with Gasteiger partial charge in [0.1, 0.15) is 5.82 Å². The minimum Gasteiger partial charge on any atom is -0.389 e. The molecule has 1 aromatic rings. The number of para-hydroxylation sites is 1. The molecule has 1 atom stereocenters. The monoisotopic (exact) mass is 363 g/mol. The molecule has 2 N–H and O–H groups in total. The van der Waals surface area contributed by atoms with Crippen molar-refractivity contribution in [3.63, 3.8) is 0 Å². The first-order chi connectivity index (χ1) is 10.1. The molecule has 0 aromatic heterocycles. The summed E-state index contributed by atoms with van der Waals surface area (Å²) in [5, 5.41) is 12.6. The van der Waals surface area contributed by atoms with Gasteiger partial charge in [-0.15, -0.1) is 0 Å². The predicted octanol–water partition coefficient (Wildman–Crippen LogP) is 3.19. The van der Waals surface area contributed by atoms with Crippen LogP contribution < -0.4 is 5.32 Å². The largest absolute Gasteiger partial charge is 0.389 e. The highest BCUT2D eigenvalue weighted by Crippen LogP contribution is 2.24. The van der Waals surface area contributed by atoms with Gasteiger partial charge in [0.2, 0.25) is 0 Å². The van der Waals surface area contributed by atoms with E-state index in [1.54, 1.807) is 12.1 Å². The molecule has 0 aliphatic rings. The van der Waals surface area contributed by atoms with Crippen molar-refractivity contribution in [1.29, 1.82) is 0 Å². The standard InChI is InChI=1S/C15H23BrFNO3/c1-2-3-7-20-8-9-21-11-12(19)10-18-15-13(16)5-4-6-14(15)17/h4-6,12,18-19H,2-3,7-11H2,1H3. The van der Waals surface area contributed by atoms with Crippen LogP contribution in [0.5, 0.6) is 0 Å². The summed E-state index contributed by atoms with van der Waals surface area (Å²) >= 11 is 3.26. The summed E-state index contributed by atoms with van der Waals surface area (Å²) in [6, 6.07) is 4.72. The van der Waals surface area contributed by atoms with Gasteiger partial charge in [-0.05, 0) is 34.5 Å². The number of rotatable bonds is 11. The third kappa shape index (κ3) is 7.76. The molecule has 1 rings (SSSR count). The lowest BCUT2D eigenvalue weighted by Gasteiger charge is -2.14. The van der Waals surface area contributed by atoms with E-state index in [9.17, 15) is 9.50 Å². The molecule has 0 saturated carbocycles. The first-order valence-electron chi connectivity index (χ1n) is 7.16. The highest BCUT2D eigenvalue weighted by molar-refractivity contribution is 9.10. The number of hydrogen-bond donors (Lipinski definition) is 2. The minimum atomic E-state index is -0.702. The zero-order chi connectivity index (χ0) is 15.5. The first kappa shape index (κ1) is 18.4. The average molecular weight is 364 g/mol. The Bertz CT molecular complexity index is 386. The summed E-state index contributed by atoms with van der Waals surface area (Å²) in [6.45, 7) is 4.23. The van der Waals surface area contributed by atoms with Gasteiger partial charge < -0.3 is 19.9 Å². The third-order valence-corrected chi connectivity index (χ3v) is 3.46. The minimum absolute atomic E-state index is 0.191. The van der Waals surface area contributed by atoms with E-state index in [1.165, 1.54) is 6.07 Å². The van der Waals surface area contributed by atoms with Crippen molar-refractivity contribution in [2.75, 3.05) is 38.3 Å². The van der Waals surface area contributed by atoms with E-state index >= 15 is 0 Å². The maximum Gasteiger partial charge on any atom is 0.147 e. The van der Waals surface area contributed by atoms with E-state index in [2.05, 4.69) is 28.2 Å². The van der Waals surface area contributed by atoms with Gasteiger partial charge in [0.15, 0.2) is 0 Å². The normalized spacial score (nSPS) is 12.4. The Morgan fingerprint density at radius 3 is 2.76 bits per heavy atom. The Morgan fingerprint density at radius 1 is 1.29 bits per heavy atom. The van der Waals surface area contributed by atoms with Gasteiger partial charge in [0.25, 0.3) is 0 Å². The van der Waals surface area contributed by atoms with E-state index in [4.69, 9.17) is 9.47 Å². The summed E-state index contributed by atoms with van der Waals surface area (Å²) < 4.78 is 24.8. The number of aliphatic hydroxyl groups is 1. The molecule has 0 fully saturated rings. The van der Waals surface area contributed by atoms with Crippen LogP contribution in [0.3, 0.4) is 0 Å². The van der Waals surface area contributed by atoms with Crippen molar-refractivity contribution >= 4 is 21.6 Å². The van der Waals surface area contributed by atoms with Crippen LogP contribution in [0, 0.1) is 5.82 Å². The van der Waals surface area contributed by atoms with Gasteiger partial charge in [0, 0.05) is 17.6 Å². The lowest BCUT2D eigenvalue weighted by molar-refractivity contribution is 0.00748. The molecule has 1 unspecified atom stereocenters. The summed E-state index contributed by atoms with van der Waals surface area (Å²) in [5.74, 6) is -0.359. The van der Waals surface area contributed by atoms with Crippen LogP contribution >= 0.6 is 15.9 Å². The van der Waals surface area contributed by atoms with E-state index in [0.717, 1.165) is 19.4 Å². The number of benzene rings is 1. The molecular weight excluding hydrogens is 341 g/mol. The number of hydrogen-bond acceptors (Lipinski definition) is 4. The smallest absolute Gasteiger partial charge is 0.147 e. The van der Waals surface area contributed by atoms with Crippen LogP contribution in [0.2, 0.25) is 0 Å². The molecule has 0 saturated heterocycles. The Hall–Kier alpha value is -0.690. The van der Waals surface area contributed by atoms with E-state index < -0.39 is 6.10 Å². The van der Waals surface area contributed by atoms with Gasteiger partial charge in [-0.2, -0.15) is 0 Å². The molecule has 120 valence electrons. The van der Waals surface area contributed by atoms with E-state index in [1.807, 2.05) is 0 Å². The molecule has 1 aromatic carbocycles. The second kappa shape index (κ2) is 11.0. The van der Waals surface area contributed by atoms with Gasteiger partial charge in [-0.1, -0.05) is 19.4 Å². The Kier molecular flexibility index (Phi) is 9.58. The maximum absolute atomic E-state index is 13.5. The number of aliphatic hydroxyl groups excluding tert-OH is 1. The number of anilines is 1. The second-order valence-corrected chi connectivity index (χ2v) is 5.53. The average Bonchev–Trinajstić information content (AvgIpc) is 2.46. The zero-order valence-corrected chi connectivity index (χ0v) is 13.9. The van der Waals surface area contributed by atoms with Crippen LogP contribution in [0.25, 0.3) is 0 Å². The van der Waals surface area contributed by atoms with Crippen LogP contribution in [-0.4, -0.2) is 44.2 Å². The van der Waals surface area contributed by atoms with Gasteiger partial charge in [-0.25, -0.2) is 4.39 Å². The fourth-order valence-electron chi connectivity index (χ4n) is 1.63. The molecule has 0 radical (unpaired) electrons. The molecule has 0 bridgehead atoms. The SMILES string of the molecule is CCCCOCCOCC(O)CNc1c(F)cccc1Br. The summed E-state index contributed by atoms with van der Waals surface area (Å²) in [4.78, 5) is 0. The summed E-state index contributed by atoms with van der Waals surface area (Å²) in [7, 11) is 0. The molecule has 4 nitrogen and oxygen atoms in total. The van der Waals surface area contributed by atoms with Crippen molar-refractivity contribution < 1.29 is 19.0 Å². The lowest BCUT2D eigenvalue weighted by Crippen LogP contribution is -2.26. The second-order valence-electron chi connectivity index (χ2n) is 4.67. The van der Waals surface area contributed by atoms with Crippen LogP contribution in [0.1, 0.15) is 19.8 Å². The van der Waals surface area contributed by atoms with Crippen molar-refractivity contribution in [1.82, 2.24) is 0 Å². The molecule has 6 heteroatoms. The van der Waals surface area contributed by atoms with Crippen molar-refractivity contribution in [3.05, 3.63) is 28.5 Å². The molecule has 21 heavy (non-hydrogen) atoms. The summed E-state index contributed by atoms with van der Waals surface area (Å²) in [6.07, 6.45) is 1.45. The van der Waals surface area contributed by atoms with Crippen molar-refractivity contribution in [2.24, 2.45) is 0 Å². The number of ether oxygens (including phenoxy) is 2. The number of halogens is 2. The fourth-order valence-corrected chi connectivity index (χ4v) is 2.11. The third-order valence-electron chi connectivity index (χ3n) is 2.80. The van der Waals surface area contributed by atoms with Gasteiger partial charge in [-0.3, -0.25) is 0 Å². The fraction of sp³-hybridized carbons (Fsp3) is 0.600. The molecular formula is C15H23BrFNO3. The lowest BCUT2D eigenvalue weighted by atomic mass is 10.3. The van der Waals surface area contributed by atoms with E-state index in [-0.39, 0.29) is 19.0 Å². The number of nitrogens with one attached hydrogen (secondary N) is 1. The Labute approximate surface area is 133 Å². The Morgan fingerprint density at radius 2 is 2.05 bits per heavy atom. The predicted molar refractivity (Wildman–Crippen MR) is 85.1 cm³/mol. The van der Waals surface area contributed by atoms with Crippen LogP contribution in [0.4, 0.5) is 10.1 Å². The molecule has 0 aliphatic carbocycles. The van der Waals surface area contributed by atoms with Gasteiger partial charge >= 0.3 is 0 Å². The Balaban J connectivity index is 2.12. The van der Waals surface area contributed by atoms with E-state index in [0.29, 0.717) is 23.4 Å². The molecule has 0 spiro atoms. The first-order valence-corrected chi connectivity index (χ1v) is 7.96. The quantitative estimate of drug-likeness (QED) is 0.592. The van der Waals surface area contributed by atoms with Gasteiger partial charge in [0.05, 0.1) is 31.6 Å². The topological polar surface area (TPSA) is 50.7 Å². The molecule has 0 heterocycles. The number of unbranched alkanes of at least 4 members (excludes halogenated alkanes) is 1. The molecule has 0 amide bonds. The van der Waals surface area contributed by atoms with Crippen molar-refractivity contribution in [2.45, 2.75) is 25.9 Å².